The van der Waals surface area contributed by atoms with Crippen molar-refractivity contribution in [3.05, 3.63) is 59.9 Å². The summed E-state index contributed by atoms with van der Waals surface area (Å²) in [5, 5.41) is 0. The second-order valence-electron chi connectivity index (χ2n) is 7.15. The number of aromatic nitrogens is 1. The summed E-state index contributed by atoms with van der Waals surface area (Å²) in [4.78, 5) is 23.9. The van der Waals surface area contributed by atoms with E-state index in [1.807, 2.05) is 23.1 Å². The molecule has 0 spiro atoms. The first-order valence-electron chi connectivity index (χ1n) is 9.56. The van der Waals surface area contributed by atoms with Crippen LogP contribution in [0.1, 0.15) is 28.9 Å². The molecule has 2 saturated heterocycles. The largest absolute Gasteiger partial charge is 0.371 e. The van der Waals surface area contributed by atoms with E-state index in [-0.39, 0.29) is 5.91 Å². The van der Waals surface area contributed by atoms with Crippen molar-refractivity contribution in [2.75, 3.05) is 44.2 Å². The fourth-order valence-electron chi connectivity index (χ4n) is 3.82. The zero-order chi connectivity index (χ0) is 17.8. The fourth-order valence-corrected chi connectivity index (χ4v) is 3.82. The van der Waals surface area contributed by atoms with E-state index in [0.717, 1.165) is 51.5 Å². The van der Waals surface area contributed by atoms with Crippen molar-refractivity contribution < 1.29 is 4.79 Å². The highest BCUT2D eigenvalue weighted by Gasteiger charge is 2.24. The van der Waals surface area contributed by atoms with Gasteiger partial charge >= 0.3 is 0 Å². The van der Waals surface area contributed by atoms with E-state index < -0.39 is 0 Å². The van der Waals surface area contributed by atoms with Gasteiger partial charge in [0.2, 0.25) is 0 Å². The average Bonchev–Trinajstić information content (AvgIpc) is 3.24. The van der Waals surface area contributed by atoms with E-state index in [0.29, 0.717) is 5.69 Å². The van der Waals surface area contributed by atoms with Crippen LogP contribution in [-0.4, -0.2) is 60.0 Å². The summed E-state index contributed by atoms with van der Waals surface area (Å²) in [6.45, 7) is 6.46. The summed E-state index contributed by atoms with van der Waals surface area (Å²) in [6, 6.07) is 14.5. The highest BCUT2D eigenvalue weighted by atomic mass is 16.2. The molecule has 1 amide bonds. The highest BCUT2D eigenvalue weighted by Crippen LogP contribution is 2.21. The minimum absolute atomic E-state index is 0.0606. The molecule has 0 bridgehead atoms. The summed E-state index contributed by atoms with van der Waals surface area (Å²) >= 11 is 0. The molecule has 0 unspecified atom stereocenters. The quantitative estimate of drug-likeness (QED) is 0.850. The zero-order valence-corrected chi connectivity index (χ0v) is 15.2. The number of carbonyl (C=O) groups excluding carboxylic acids is 1. The Hall–Kier alpha value is -2.40. The van der Waals surface area contributed by atoms with Gasteiger partial charge in [0.25, 0.3) is 5.91 Å². The maximum absolute atomic E-state index is 12.9. The van der Waals surface area contributed by atoms with Crippen molar-refractivity contribution in [1.82, 2.24) is 14.8 Å². The molecule has 136 valence electrons. The van der Waals surface area contributed by atoms with Gasteiger partial charge in [0.15, 0.2) is 0 Å². The van der Waals surface area contributed by atoms with Crippen LogP contribution >= 0.6 is 0 Å². The van der Waals surface area contributed by atoms with Gasteiger partial charge in [-0.15, -0.1) is 0 Å². The van der Waals surface area contributed by atoms with Crippen molar-refractivity contribution in [2.24, 2.45) is 0 Å². The molecule has 2 aliphatic heterocycles. The molecule has 3 heterocycles. The average molecular weight is 350 g/mol. The van der Waals surface area contributed by atoms with Crippen LogP contribution < -0.4 is 4.90 Å². The Morgan fingerprint density at radius 3 is 2.38 bits per heavy atom. The Kier molecular flexibility index (Phi) is 5.16. The van der Waals surface area contributed by atoms with Crippen molar-refractivity contribution in [3.8, 4) is 0 Å². The first kappa shape index (κ1) is 17.0. The Balaban J connectivity index is 1.35. The predicted octanol–water partition coefficient (Wildman–Crippen LogP) is 2.64. The van der Waals surface area contributed by atoms with Crippen molar-refractivity contribution >= 4 is 11.6 Å². The molecule has 1 aromatic heterocycles. The predicted molar refractivity (Wildman–Crippen MR) is 103 cm³/mol. The third-order valence-corrected chi connectivity index (χ3v) is 5.34. The van der Waals surface area contributed by atoms with Gasteiger partial charge in [-0.25, -0.2) is 0 Å². The third kappa shape index (κ3) is 3.88. The summed E-state index contributed by atoms with van der Waals surface area (Å²) < 4.78 is 0. The molecule has 4 rings (SSSR count). The zero-order valence-electron chi connectivity index (χ0n) is 15.2. The van der Waals surface area contributed by atoms with E-state index in [2.05, 4.69) is 39.0 Å². The van der Waals surface area contributed by atoms with Crippen molar-refractivity contribution in [2.45, 2.75) is 19.4 Å². The molecule has 5 nitrogen and oxygen atoms in total. The number of rotatable bonds is 4. The van der Waals surface area contributed by atoms with Crippen LogP contribution in [-0.2, 0) is 6.54 Å². The number of amides is 1. The molecule has 0 N–H and O–H groups in total. The molecule has 26 heavy (non-hydrogen) atoms. The number of pyridine rings is 1. The van der Waals surface area contributed by atoms with Gasteiger partial charge in [-0.3, -0.25) is 14.7 Å². The Morgan fingerprint density at radius 2 is 1.65 bits per heavy atom. The molecule has 0 radical (unpaired) electrons. The number of benzene rings is 1. The van der Waals surface area contributed by atoms with E-state index in [1.54, 1.807) is 6.20 Å². The molecule has 2 fully saturated rings. The van der Waals surface area contributed by atoms with Crippen LogP contribution in [0.3, 0.4) is 0 Å². The molecule has 0 saturated carbocycles. The molecule has 2 aromatic rings. The summed E-state index contributed by atoms with van der Waals surface area (Å²) in [5.41, 5.74) is 3.03. The SMILES string of the molecule is O=C(c1cc(N2CCCC2)ccn1)N1CCN(Cc2ccccc2)CC1. The first-order chi connectivity index (χ1) is 12.8. The number of hydrogen-bond acceptors (Lipinski definition) is 4. The summed E-state index contributed by atoms with van der Waals surface area (Å²) in [5.74, 6) is 0.0606. The number of anilines is 1. The molecular weight excluding hydrogens is 324 g/mol. The van der Waals surface area contributed by atoms with Crippen molar-refractivity contribution in [1.29, 1.82) is 0 Å². The van der Waals surface area contributed by atoms with Crippen LogP contribution in [0.5, 0.6) is 0 Å². The lowest BCUT2D eigenvalue weighted by Crippen LogP contribution is -2.48. The smallest absolute Gasteiger partial charge is 0.272 e. The standard InChI is InChI=1S/C21H26N4O/c26-21(20-16-19(8-9-22-20)24-10-4-5-11-24)25-14-12-23(13-15-25)17-18-6-2-1-3-7-18/h1-3,6-9,16H,4-5,10-15,17H2. The topological polar surface area (TPSA) is 39.7 Å². The number of hydrogen-bond donors (Lipinski definition) is 0. The number of nitrogens with zero attached hydrogens (tertiary/aromatic N) is 4. The van der Waals surface area contributed by atoms with Gasteiger partial charge in [-0.2, -0.15) is 0 Å². The Bertz CT molecular complexity index is 735. The van der Waals surface area contributed by atoms with Crippen LogP contribution in [0.2, 0.25) is 0 Å². The first-order valence-corrected chi connectivity index (χ1v) is 9.56. The second kappa shape index (κ2) is 7.87. The van der Waals surface area contributed by atoms with Crippen LogP contribution in [0.25, 0.3) is 0 Å². The normalized spacial score (nSPS) is 18.3. The maximum Gasteiger partial charge on any atom is 0.272 e. The van der Waals surface area contributed by atoms with Crippen LogP contribution in [0, 0.1) is 0 Å². The molecule has 0 atom stereocenters. The summed E-state index contributed by atoms with van der Waals surface area (Å²) in [7, 11) is 0. The molecule has 2 aliphatic rings. The molecule has 1 aromatic carbocycles. The van der Waals surface area contributed by atoms with E-state index >= 15 is 0 Å². The van der Waals surface area contributed by atoms with Gasteiger partial charge in [0.1, 0.15) is 5.69 Å². The third-order valence-electron chi connectivity index (χ3n) is 5.34. The Morgan fingerprint density at radius 1 is 0.923 bits per heavy atom. The van der Waals surface area contributed by atoms with E-state index in [9.17, 15) is 4.79 Å². The Labute approximate surface area is 155 Å². The van der Waals surface area contributed by atoms with Gasteiger partial charge in [0.05, 0.1) is 0 Å². The molecule has 5 heteroatoms. The van der Waals surface area contributed by atoms with Crippen molar-refractivity contribution in [3.63, 3.8) is 0 Å². The second-order valence-corrected chi connectivity index (χ2v) is 7.15. The van der Waals surface area contributed by atoms with Crippen LogP contribution in [0.4, 0.5) is 5.69 Å². The van der Waals surface area contributed by atoms with Crippen LogP contribution in [0.15, 0.2) is 48.7 Å². The lowest BCUT2D eigenvalue weighted by atomic mass is 10.2. The summed E-state index contributed by atoms with van der Waals surface area (Å²) in [6.07, 6.45) is 4.23. The van der Waals surface area contributed by atoms with E-state index in [1.165, 1.54) is 18.4 Å². The van der Waals surface area contributed by atoms with Gasteiger partial charge in [-0.05, 0) is 30.5 Å². The number of piperazine rings is 1. The van der Waals surface area contributed by atoms with Gasteiger partial charge in [-0.1, -0.05) is 30.3 Å². The number of carbonyl (C=O) groups is 1. The minimum Gasteiger partial charge on any atom is -0.371 e. The molecule has 0 aliphatic carbocycles. The van der Waals surface area contributed by atoms with E-state index in [4.69, 9.17) is 0 Å². The van der Waals surface area contributed by atoms with Gasteiger partial charge < -0.3 is 9.80 Å². The lowest BCUT2D eigenvalue weighted by molar-refractivity contribution is 0.0623. The highest BCUT2D eigenvalue weighted by molar-refractivity contribution is 5.93. The monoisotopic (exact) mass is 350 g/mol. The molecular formula is C21H26N4O. The van der Waals surface area contributed by atoms with Gasteiger partial charge in [0, 0.05) is 57.7 Å². The lowest BCUT2D eigenvalue weighted by Gasteiger charge is -2.34. The minimum atomic E-state index is 0.0606. The fraction of sp³-hybridized carbons (Fsp3) is 0.429. The maximum atomic E-state index is 12.9.